The predicted octanol–water partition coefficient (Wildman–Crippen LogP) is 3.38. The molecule has 2 heterocycles. The first-order valence-corrected chi connectivity index (χ1v) is 8.13. The summed E-state index contributed by atoms with van der Waals surface area (Å²) in [6, 6.07) is 6.91. The van der Waals surface area contributed by atoms with Gasteiger partial charge < -0.3 is 15.4 Å². The van der Waals surface area contributed by atoms with Crippen molar-refractivity contribution in [3.05, 3.63) is 52.3 Å². The average molecular weight is 346 g/mol. The van der Waals surface area contributed by atoms with Crippen LogP contribution >= 0.6 is 11.6 Å². The van der Waals surface area contributed by atoms with Crippen LogP contribution in [-0.2, 0) is 12.0 Å². The molecule has 1 aliphatic heterocycles. The number of carbonyl (C=O) groups is 1. The maximum atomic E-state index is 12.4. The zero-order valence-corrected chi connectivity index (χ0v) is 14.7. The summed E-state index contributed by atoms with van der Waals surface area (Å²) in [6.07, 6.45) is 1.70. The van der Waals surface area contributed by atoms with Crippen molar-refractivity contribution in [2.45, 2.75) is 25.8 Å². The highest BCUT2D eigenvalue weighted by atomic mass is 35.5. The number of methoxy groups -OCH3 is 1. The first-order chi connectivity index (χ1) is 11.4. The molecule has 1 amide bonds. The molecule has 1 aromatic heterocycles. The fourth-order valence-electron chi connectivity index (χ4n) is 2.93. The number of pyridine rings is 1. The minimum Gasteiger partial charge on any atom is -0.495 e. The first-order valence-electron chi connectivity index (χ1n) is 7.76. The van der Waals surface area contributed by atoms with Crippen molar-refractivity contribution in [3.8, 4) is 5.75 Å². The summed E-state index contributed by atoms with van der Waals surface area (Å²) in [7, 11) is 1.54. The van der Waals surface area contributed by atoms with Crippen LogP contribution in [0.1, 0.15) is 35.5 Å². The maximum Gasteiger partial charge on any atom is 0.255 e. The van der Waals surface area contributed by atoms with E-state index in [1.165, 1.54) is 7.11 Å². The number of amides is 1. The smallest absolute Gasteiger partial charge is 0.255 e. The number of ether oxygens (including phenoxy) is 1. The van der Waals surface area contributed by atoms with Crippen LogP contribution < -0.4 is 15.4 Å². The lowest BCUT2D eigenvalue weighted by Gasteiger charge is -2.32. The number of hydrogen-bond donors (Lipinski definition) is 2. The van der Waals surface area contributed by atoms with Gasteiger partial charge >= 0.3 is 0 Å². The molecule has 24 heavy (non-hydrogen) atoms. The van der Waals surface area contributed by atoms with Gasteiger partial charge in [-0.2, -0.15) is 0 Å². The lowest BCUT2D eigenvalue weighted by molar-refractivity contribution is 0.102. The molecule has 0 aliphatic carbocycles. The second-order valence-corrected chi connectivity index (χ2v) is 6.93. The molecule has 0 saturated carbocycles. The monoisotopic (exact) mass is 345 g/mol. The van der Waals surface area contributed by atoms with Crippen molar-refractivity contribution in [2.24, 2.45) is 0 Å². The summed E-state index contributed by atoms with van der Waals surface area (Å²) in [5.41, 5.74) is 3.31. The van der Waals surface area contributed by atoms with E-state index in [0.29, 0.717) is 22.0 Å². The van der Waals surface area contributed by atoms with Crippen molar-refractivity contribution < 1.29 is 9.53 Å². The van der Waals surface area contributed by atoms with Gasteiger partial charge in [-0.05, 0) is 29.8 Å². The molecule has 0 radical (unpaired) electrons. The van der Waals surface area contributed by atoms with Gasteiger partial charge in [0, 0.05) is 24.1 Å². The number of nitrogens with zero attached hydrogens (tertiary/aromatic N) is 1. The second kappa shape index (κ2) is 6.42. The Morgan fingerprint density at radius 1 is 1.38 bits per heavy atom. The van der Waals surface area contributed by atoms with Gasteiger partial charge in [-0.25, -0.2) is 0 Å². The van der Waals surface area contributed by atoms with Gasteiger partial charge in [0.1, 0.15) is 5.75 Å². The minimum absolute atomic E-state index is 0.0143. The molecule has 0 saturated heterocycles. The third kappa shape index (κ3) is 3.23. The lowest BCUT2D eigenvalue weighted by Crippen LogP contribution is -2.39. The minimum atomic E-state index is -0.232. The van der Waals surface area contributed by atoms with Gasteiger partial charge in [-0.15, -0.1) is 0 Å². The normalized spacial score (nSPS) is 15.5. The van der Waals surface area contributed by atoms with Crippen LogP contribution in [0.25, 0.3) is 0 Å². The van der Waals surface area contributed by atoms with Crippen molar-refractivity contribution in [2.75, 3.05) is 19.0 Å². The van der Waals surface area contributed by atoms with Gasteiger partial charge in [-0.1, -0.05) is 25.4 Å². The Morgan fingerprint density at radius 2 is 2.17 bits per heavy atom. The van der Waals surface area contributed by atoms with Crippen LogP contribution in [0.4, 0.5) is 5.69 Å². The summed E-state index contributed by atoms with van der Waals surface area (Å²) < 4.78 is 5.10. The van der Waals surface area contributed by atoms with Gasteiger partial charge in [0.2, 0.25) is 0 Å². The highest BCUT2D eigenvalue weighted by molar-refractivity contribution is 6.32. The molecular weight excluding hydrogens is 326 g/mol. The van der Waals surface area contributed by atoms with Crippen LogP contribution in [-0.4, -0.2) is 24.5 Å². The molecule has 3 rings (SSSR count). The molecule has 2 N–H and O–H groups in total. The third-order valence-electron chi connectivity index (χ3n) is 4.16. The van der Waals surface area contributed by atoms with Crippen LogP contribution in [0.5, 0.6) is 5.75 Å². The van der Waals surface area contributed by atoms with E-state index in [4.69, 9.17) is 16.3 Å². The van der Waals surface area contributed by atoms with Crippen molar-refractivity contribution in [1.29, 1.82) is 0 Å². The molecule has 0 fully saturated rings. The summed E-state index contributed by atoms with van der Waals surface area (Å²) in [5.74, 6) is 0.307. The number of fused-ring (bicyclic) bond motifs is 1. The van der Waals surface area contributed by atoms with Gasteiger partial charge in [0.15, 0.2) is 0 Å². The molecule has 2 aromatic rings. The van der Waals surface area contributed by atoms with Gasteiger partial charge in [-0.3, -0.25) is 9.78 Å². The second-order valence-electron chi connectivity index (χ2n) is 6.52. The Kier molecular flexibility index (Phi) is 4.47. The maximum absolute atomic E-state index is 12.4. The number of carbonyl (C=O) groups excluding carboxylic acids is 1. The Hall–Kier alpha value is -2.11. The van der Waals surface area contributed by atoms with Crippen molar-refractivity contribution in [1.82, 2.24) is 10.3 Å². The summed E-state index contributed by atoms with van der Waals surface area (Å²) in [4.78, 5) is 17.0. The van der Waals surface area contributed by atoms with E-state index in [2.05, 4.69) is 29.5 Å². The third-order valence-corrected chi connectivity index (χ3v) is 4.46. The van der Waals surface area contributed by atoms with Gasteiger partial charge in [0.25, 0.3) is 5.91 Å². The van der Waals surface area contributed by atoms with E-state index in [9.17, 15) is 4.79 Å². The Morgan fingerprint density at radius 3 is 2.88 bits per heavy atom. The Labute approximate surface area is 146 Å². The molecule has 6 heteroatoms. The molecule has 0 atom stereocenters. The number of nitrogens with one attached hydrogen (secondary N) is 2. The molecule has 0 bridgehead atoms. The lowest BCUT2D eigenvalue weighted by atomic mass is 9.83. The van der Waals surface area contributed by atoms with E-state index in [-0.39, 0.29) is 11.3 Å². The Balaban J connectivity index is 1.81. The van der Waals surface area contributed by atoms with E-state index >= 15 is 0 Å². The van der Waals surface area contributed by atoms with Crippen molar-refractivity contribution >= 4 is 23.2 Å². The van der Waals surface area contributed by atoms with Gasteiger partial charge in [0.05, 0.1) is 29.7 Å². The molecule has 126 valence electrons. The average Bonchev–Trinajstić information content (AvgIpc) is 2.54. The highest BCUT2D eigenvalue weighted by Crippen LogP contribution is 2.29. The van der Waals surface area contributed by atoms with E-state index in [0.717, 1.165) is 24.3 Å². The molecule has 5 nitrogen and oxygen atoms in total. The summed E-state index contributed by atoms with van der Waals surface area (Å²) >= 11 is 6.08. The summed E-state index contributed by atoms with van der Waals surface area (Å²) in [5, 5.41) is 6.65. The topological polar surface area (TPSA) is 63.2 Å². The quantitative estimate of drug-likeness (QED) is 0.895. The van der Waals surface area contributed by atoms with E-state index in [1.807, 2.05) is 6.07 Å². The van der Waals surface area contributed by atoms with Crippen molar-refractivity contribution in [3.63, 3.8) is 0 Å². The van der Waals surface area contributed by atoms with Crippen LogP contribution in [0.2, 0.25) is 5.02 Å². The molecule has 1 aromatic carbocycles. The fraction of sp³-hybridized carbons (Fsp3) is 0.333. The number of benzene rings is 1. The standard InChI is InChI=1S/C18H20ClN3O2/c1-18(2)10-20-8-12-6-13(9-21-16(12)18)22-17(23)11-4-5-15(24-3)14(19)7-11/h4-7,9,20H,8,10H2,1-3H3,(H,22,23). The molecular formula is C18H20ClN3O2. The number of rotatable bonds is 3. The van der Waals surface area contributed by atoms with Crippen LogP contribution in [0.15, 0.2) is 30.5 Å². The van der Waals surface area contributed by atoms with Crippen LogP contribution in [0, 0.1) is 0 Å². The number of halogens is 1. The molecule has 0 spiro atoms. The SMILES string of the molecule is COc1ccc(C(=O)Nc2cnc3c(c2)CNCC3(C)C)cc1Cl. The largest absolute Gasteiger partial charge is 0.495 e. The molecule has 1 aliphatic rings. The number of hydrogen-bond acceptors (Lipinski definition) is 4. The summed E-state index contributed by atoms with van der Waals surface area (Å²) in [6.45, 7) is 5.96. The Bertz CT molecular complexity index is 790. The van der Waals surface area contributed by atoms with E-state index in [1.54, 1.807) is 24.4 Å². The number of aromatic nitrogens is 1. The zero-order chi connectivity index (χ0) is 17.3. The predicted molar refractivity (Wildman–Crippen MR) is 94.9 cm³/mol. The number of anilines is 1. The molecule has 0 unspecified atom stereocenters. The zero-order valence-electron chi connectivity index (χ0n) is 13.9. The van der Waals surface area contributed by atoms with Crippen LogP contribution in [0.3, 0.4) is 0 Å². The highest BCUT2D eigenvalue weighted by Gasteiger charge is 2.28. The van der Waals surface area contributed by atoms with E-state index < -0.39 is 0 Å². The fourth-order valence-corrected chi connectivity index (χ4v) is 3.18. The first kappa shape index (κ1) is 16.7.